The van der Waals surface area contributed by atoms with E-state index in [0.29, 0.717) is 17.6 Å². The fourth-order valence-electron chi connectivity index (χ4n) is 2.92. The minimum Gasteiger partial charge on any atom is -0.317 e. The van der Waals surface area contributed by atoms with Crippen molar-refractivity contribution in [2.45, 2.75) is 18.8 Å². The molecule has 0 amide bonds. The predicted molar refractivity (Wildman–Crippen MR) is 91.1 cm³/mol. The second-order valence-corrected chi connectivity index (χ2v) is 5.84. The Morgan fingerprint density at radius 3 is 1.71 bits per heavy atom. The first-order valence-electron chi connectivity index (χ1n) is 8.17. The van der Waals surface area contributed by atoms with Crippen molar-refractivity contribution >= 4 is 0 Å². The Morgan fingerprint density at radius 1 is 0.708 bits per heavy atom. The molecule has 3 aromatic heterocycles. The highest BCUT2D eigenvalue weighted by molar-refractivity contribution is 5.60. The summed E-state index contributed by atoms with van der Waals surface area (Å²) < 4.78 is 0. The highest BCUT2D eigenvalue weighted by Gasteiger charge is 2.20. The molecule has 3 aromatic rings. The lowest BCUT2D eigenvalue weighted by molar-refractivity contribution is 0.444. The van der Waals surface area contributed by atoms with Crippen LogP contribution in [0.4, 0.5) is 0 Å². The molecule has 120 valence electrons. The van der Waals surface area contributed by atoms with Gasteiger partial charge in [0.15, 0.2) is 11.6 Å². The van der Waals surface area contributed by atoms with Crippen LogP contribution in [0.25, 0.3) is 22.8 Å². The molecule has 24 heavy (non-hydrogen) atoms. The molecular weight excluding hydrogens is 300 g/mol. The molecule has 0 aromatic carbocycles. The fraction of sp³-hybridized carbons (Fsp3) is 0.278. The van der Waals surface area contributed by atoms with Gasteiger partial charge in [0.05, 0.1) is 0 Å². The molecule has 6 heteroatoms. The number of hydrogen-bond acceptors (Lipinski definition) is 6. The van der Waals surface area contributed by atoms with Crippen LogP contribution in [0.2, 0.25) is 0 Å². The molecule has 0 bridgehead atoms. The summed E-state index contributed by atoms with van der Waals surface area (Å²) in [6.07, 6.45) is 9.14. The molecule has 1 aliphatic rings. The Bertz CT molecular complexity index is 743. The van der Waals surface area contributed by atoms with Crippen molar-refractivity contribution in [3.63, 3.8) is 0 Å². The standard InChI is InChI=1S/C18H18N6/c1-7-19-8-2-13(1)16-22-17(14-3-9-20-10-4-14)24-18(23-16)15-5-11-21-12-6-15/h1-4,7-10,15,21H,5-6,11-12H2. The SMILES string of the molecule is c1cc(-c2nc(-c3ccncc3)nc(C3CCNCC3)n2)ccn1. The van der Waals surface area contributed by atoms with Crippen LogP contribution in [-0.2, 0) is 0 Å². The average molecular weight is 318 g/mol. The van der Waals surface area contributed by atoms with Gasteiger partial charge in [-0.2, -0.15) is 0 Å². The first-order chi connectivity index (χ1) is 11.9. The molecule has 1 N–H and O–H groups in total. The highest BCUT2D eigenvalue weighted by Crippen LogP contribution is 2.26. The van der Waals surface area contributed by atoms with Gasteiger partial charge in [-0.3, -0.25) is 9.97 Å². The van der Waals surface area contributed by atoms with E-state index >= 15 is 0 Å². The molecule has 1 saturated heterocycles. The molecule has 0 unspecified atom stereocenters. The molecule has 0 spiro atoms. The van der Waals surface area contributed by atoms with E-state index in [0.717, 1.165) is 42.9 Å². The van der Waals surface area contributed by atoms with E-state index in [2.05, 4.69) is 20.3 Å². The number of rotatable bonds is 3. The van der Waals surface area contributed by atoms with Gasteiger partial charge in [0.25, 0.3) is 0 Å². The van der Waals surface area contributed by atoms with Crippen molar-refractivity contribution in [2.24, 2.45) is 0 Å². The lowest BCUT2D eigenvalue weighted by Gasteiger charge is -2.22. The second-order valence-electron chi connectivity index (χ2n) is 5.84. The minimum atomic E-state index is 0.371. The maximum absolute atomic E-state index is 4.76. The second kappa shape index (κ2) is 6.80. The number of piperidine rings is 1. The molecule has 0 radical (unpaired) electrons. The summed E-state index contributed by atoms with van der Waals surface area (Å²) in [4.78, 5) is 22.3. The number of nitrogens with one attached hydrogen (secondary N) is 1. The van der Waals surface area contributed by atoms with Gasteiger partial charge in [-0.1, -0.05) is 0 Å². The average Bonchev–Trinajstić information content (AvgIpc) is 2.70. The maximum Gasteiger partial charge on any atom is 0.163 e. The zero-order chi connectivity index (χ0) is 16.2. The Labute approximate surface area is 140 Å². The van der Waals surface area contributed by atoms with E-state index in [1.165, 1.54) is 0 Å². The predicted octanol–water partition coefficient (Wildman–Crippen LogP) is 2.46. The lowest BCUT2D eigenvalue weighted by atomic mass is 9.97. The van der Waals surface area contributed by atoms with Crippen LogP contribution in [0.5, 0.6) is 0 Å². The van der Waals surface area contributed by atoms with E-state index in [1.54, 1.807) is 24.8 Å². The molecular formula is C18H18N6. The van der Waals surface area contributed by atoms with Crippen LogP contribution in [-0.4, -0.2) is 38.0 Å². The summed E-state index contributed by atoms with van der Waals surface area (Å²) in [7, 11) is 0. The van der Waals surface area contributed by atoms with E-state index in [9.17, 15) is 0 Å². The largest absolute Gasteiger partial charge is 0.317 e. The van der Waals surface area contributed by atoms with Gasteiger partial charge in [-0.05, 0) is 50.2 Å². The van der Waals surface area contributed by atoms with Crippen LogP contribution in [0.15, 0.2) is 49.1 Å². The number of nitrogens with zero attached hydrogens (tertiary/aromatic N) is 5. The normalized spacial score (nSPS) is 15.3. The van der Waals surface area contributed by atoms with Crippen molar-refractivity contribution < 1.29 is 0 Å². The smallest absolute Gasteiger partial charge is 0.163 e. The molecule has 0 aliphatic carbocycles. The van der Waals surface area contributed by atoms with Gasteiger partial charge in [0.2, 0.25) is 0 Å². The van der Waals surface area contributed by atoms with E-state index in [4.69, 9.17) is 9.97 Å². The first kappa shape index (κ1) is 14.8. The highest BCUT2D eigenvalue weighted by atomic mass is 15.0. The number of aromatic nitrogens is 5. The van der Waals surface area contributed by atoms with Gasteiger partial charge >= 0.3 is 0 Å². The topological polar surface area (TPSA) is 76.5 Å². The van der Waals surface area contributed by atoms with Crippen molar-refractivity contribution in [3.05, 3.63) is 54.9 Å². The quantitative estimate of drug-likeness (QED) is 0.799. The zero-order valence-electron chi connectivity index (χ0n) is 13.3. The van der Waals surface area contributed by atoms with Crippen molar-refractivity contribution in [1.82, 2.24) is 30.2 Å². The van der Waals surface area contributed by atoms with Gasteiger partial charge in [0, 0.05) is 41.8 Å². The number of pyridine rings is 2. The van der Waals surface area contributed by atoms with Gasteiger partial charge in [0.1, 0.15) is 5.82 Å². The number of hydrogen-bond donors (Lipinski definition) is 1. The van der Waals surface area contributed by atoms with Crippen molar-refractivity contribution in [2.75, 3.05) is 13.1 Å². The Kier molecular flexibility index (Phi) is 4.20. The molecule has 0 atom stereocenters. The summed E-state index contributed by atoms with van der Waals surface area (Å²) in [5.41, 5.74) is 1.91. The van der Waals surface area contributed by atoms with Crippen molar-refractivity contribution in [1.29, 1.82) is 0 Å². The Hall–Kier alpha value is -2.73. The summed E-state index contributed by atoms with van der Waals surface area (Å²) >= 11 is 0. The van der Waals surface area contributed by atoms with Crippen LogP contribution in [0, 0.1) is 0 Å². The van der Waals surface area contributed by atoms with Crippen LogP contribution < -0.4 is 5.32 Å². The van der Waals surface area contributed by atoms with Gasteiger partial charge in [-0.25, -0.2) is 15.0 Å². The summed E-state index contributed by atoms with van der Waals surface area (Å²) in [5.74, 6) is 2.65. The van der Waals surface area contributed by atoms with Crippen molar-refractivity contribution in [3.8, 4) is 22.8 Å². The molecule has 0 saturated carbocycles. The summed E-state index contributed by atoms with van der Waals surface area (Å²) in [6.45, 7) is 2.01. The van der Waals surface area contributed by atoms with Crippen LogP contribution >= 0.6 is 0 Å². The minimum absolute atomic E-state index is 0.371. The molecule has 1 fully saturated rings. The van der Waals surface area contributed by atoms with Crippen LogP contribution in [0.1, 0.15) is 24.6 Å². The lowest BCUT2D eigenvalue weighted by Crippen LogP contribution is -2.27. The third-order valence-corrected chi connectivity index (χ3v) is 4.23. The Morgan fingerprint density at radius 2 is 1.21 bits per heavy atom. The molecule has 1 aliphatic heterocycles. The molecule has 4 heterocycles. The Balaban J connectivity index is 1.81. The van der Waals surface area contributed by atoms with E-state index in [-0.39, 0.29) is 0 Å². The first-order valence-corrected chi connectivity index (χ1v) is 8.17. The third kappa shape index (κ3) is 3.14. The monoisotopic (exact) mass is 318 g/mol. The zero-order valence-corrected chi connectivity index (χ0v) is 13.3. The van der Waals surface area contributed by atoms with Gasteiger partial charge < -0.3 is 5.32 Å². The van der Waals surface area contributed by atoms with Gasteiger partial charge in [-0.15, -0.1) is 0 Å². The molecule has 4 rings (SSSR count). The third-order valence-electron chi connectivity index (χ3n) is 4.23. The maximum atomic E-state index is 4.76. The molecule has 6 nitrogen and oxygen atoms in total. The summed E-state index contributed by atoms with van der Waals surface area (Å²) in [6, 6.07) is 7.71. The fourth-order valence-corrected chi connectivity index (χ4v) is 2.92. The van der Waals surface area contributed by atoms with E-state index in [1.807, 2.05) is 24.3 Å². The van der Waals surface area contributed by atoms with E-state index < -0.39 is 0 Å². The summed E-state index contributed by atoms with van der Waals surface area (Å²) in [5, 5.41) is 3.39. The van der Waals surface area contributed by atoms with Crippen LogP contribution in [0.3, 0.4) is 0 Å².